The molecule has 23 heavy (non-hydrogen) atoms. The summed E-state index contributed by atoms with van der Waals surface area (Å²) >= 11 is 0. The summed E-state index contributed by atoms with van der Waals surface area (Å²) in [5, 5.41) is -0.612. The lowest BCUT2D eigenvalue weighted by Gasteiger charge is -2.13. The molecule has 0 radical (unpaired) electrons. The third-order valence-corrected chi connectivity index (χ3v) is 5.85. The second-order valence-corrected chi connectivity index (χ2v) is 8.55. The van der Waals surface area contributed by atoms with E-state index in [0.717, 1.165) is 18.2 Å². The van der Waals surface area contributed by atoms with Crippen molar-refractivity contribution in [2.45, 2.75) is 14.7 Å². The largest absolute Gasteiger partial charge is 0.399 e. The van der Waals surface area contributed by atoms with Crippen LogP contribution in [0.25, 0.3) is 10.8 Å². The van der Waals surface area contributed by atoms with Crippen molar-refractivity contribution in [2.24, 2.45) is 0 Å². The molecule has 0 fully saturated rings. The quantitative estimate of drug-likeness (QED) is 0.419. The number of rotatable bonds is 3. The van der Waals surface area contributed by atoms with E-state index in [9.17, 15) is 34.4 Å². The van der Waals surface area contributed by atoms with Crippen LogP contribution in [-0.2, 0) is 30.4 Å². The first-order chi connectivity index (χ1) is 10.2. The van der Waals surface area contributed by atoms with Crippen molar-refractivity contribution in [1.29, 1.82) is 0 Å². The second-order valence-electron chi connectivity index (χ2n) is 4.44. The van der Waals surface area contributed by atoms with Crippen LogP contribution in [0.2, 0.25) is 0 Å². The highest BCUT2D eigenvalue weighted by Crippen LogP contribution is 2.36. The molecule has 0 heterocycles. The highest BCUT2D eigenvalue weighted by Gasteiger charge is 2.34. The third kappa shape index (κ3) is 3.29. The first kappa shape index (κ1) is 17.6. The van der Waals surface area contributed by atoms with Gasteiger partial charge in [-0.25, -0.2) is 0 Å². The number of nitrogens with two attached hydrogens (primary N) is 1. The maximum absolute atomic E-state index is 11.6. The summed E-state index contributed by atoms with van der Waals surface area (Å²) in [6, 6.07) is 3.87. The van der Waals surface area contributed by atoms with Crippen LogP contribution in [-0.4, -0.2) is 38.9 Å². The first-order valence-corrected chi connectivity index (χ1v) is 9.83. The van der Waals surface area contributed by atoms with E-state index < -0.39 is 50.4 Å². The molecule has 2 aromatic carbocycles. The maximum Gasteiger partial charge on any atom is 0.297 e. The van der Waals surface area contributed by atoms with E-state index in [-0.39, 0.29) is 11.1 Å². The summed E-state index contributed by atoms with van der Waals surface area (Å²) in [5.41, 5.74) is 5.54. The van der Waals surface area contributed by atoms with Crippen LogP contribution in [0.4, 0.5) is 5.69 Å². The fraction of sp³-hybridized carbons (Fsp3) is 0. The molecule has 0 aliphatic carbocycles. The minimum absolute atomic E-state index is 0.0691. The highest BCUT2D eigenvalue weighted by molar-refractivity contribution is 7.90. The predicted octanol–water partition coefficient (Wildman–Crippen LogP) is 0.162. The van der Waals surface area contributed by atoms with Gasteiger partial charge < -0.3 is 5.73 Å². The average Bonchev–Trinajstić information content (AvgIpc) is 2.32. The predicted molar refractivity (Wildman–Crippen MR) is 77.8 cm³/mol. The number of fused-ring (bicyclic) bond motifs is 1. The van der Waals surface area contributed by atoms with E-state index in [1.165, 1.54) is 0 Å². The molecule has 126 valence electrons. The van der Waals surface area contributed by atoms with E-state index >= 15 is 0 Å². The van der Waals surface area contributed by atoms with Gasteiger partial charge >= 0.3 is 0 Å². The summed E-state index contributed by atoms with van der Waals surface area (Å²) in [5.74, 6) is 0. The fourth-order valence-corrected chi connectivity index (χ4v) is 5.45. The molecule has 13 heteroatoms. The summed E-state index contributed by atoms with van der Waals surface area (Å²) < 4.78 is 96.4. The molecule has 0 amide bonds. The Morgan fingerprint density at radius 2 is 1.26 bits per heavy atom. The van der Waals surface area contributed by atoms with Crippen LogP contribution >= 0.6 is 0 Å². The summed E-state index contributed by atoms with van der Waals surface area (Å²) in [7, 11) is -16.0. The normalized spacial score (nSPS) is 13.3. The highest BCUT2D eigenvalue weighted by atomic mass is 32.2. The van der Waals surface area contributed by atoms with Crippen LogP contribution in [0.5, 0.6) is 0 Å². The molecule has 0 aliphatic heterocycles. The van der Waals surface area contributed by atoms with Crippen LogP contribution < -0.4 is 5.73 Å². The molecular formula is C10H9NO9S3. The topological polar surface area (TPSA) is 189 Å². The Labute approximate surface area is 130 Å². The van der Waals surface area contributed by atoms with E-state index in [2.05, 4.69) is 0 Å². The van der Waals surface area contributed by atoms with Crippen molar-refractivity contribution >= 4 is 46.8 Å². The van der Waals surface area contributed by atoms with Crippen LogP contribution in [0, 0.1) is 0 Å². The van der Waals surface area contributed by atoms with Gasteiger partial charge in [-0.2, -0.15) is 25.3 Å². The van der Waals surface area contributed by atoms with Crippen LogP contribution in [0.15, 0.2) is 39.0 Å². The minimum atomic E-state index is -5.44. The van der Waals surface area contributed by atoms with E-state index in [4.69, 9.17) is 10.3 Å². The molecular weight excluding hydrogens is 374 g/mol. The SMILES string of the molecule is Nc1ccc2c(S(=O)(=O)O)c(S(=O)(=O)O)c(S(=O)(=O)O)cc2c1. The summed E-state index contributed by atoms with van der Waals surface area (Å²) in [6.07, 6.45) is 0. The van der Waals surface area contributed by atoms with Gasteiger partial charge in [0.25, 0.3) is 30.4 Å². The van der Waals surface area contributed by atoms with Gasteiger partial charge in [0.15, 0.2) is 0 Å². The van der Waals surface area contributed by atoms with Gasteiger partial charge in [0, 0.05) is 11.1 Å². The molecule has 0 unspecified atom stereocenters. The van der Waals surface area contributed by atoms with Gasteiger partial charge in [0.1, 0.15) is 14.7 Å². The fourth-order valence-electron chi connectivity index (χ4n) is 2.04. The molecule has 0 spiro atoms. The summed E-state index contributed by atoms with van der Waals surface area (Å²) in [6.45, 7) is 0. The third-order valence-electron chi connectivity index (χ3n) is 2.83. The van der Waals surface area contributed by atoms with Gasteiger partial charge in [-0.05, 0) is 23.6 Å². The lowest BCUT2D eigenvalue weighted by atomic mass is 10.1. The number of hydrogen-bond donors (Lipinski definition) is 4. The monoisotopic (exact) mass is 383 g/mol. The zero-order chi connectivity index (χ0) is 17.8. The second kappa shape index (κ2) is 5.12. The number of anilines is 1. The molecule has 5 N–H and O–H groups in total. The van der Waals surface area contributed by atoms with Gasteiger partial charge in [0.2, 0.25) is 0 Å². The molecule has 0 atom stereocenters. The Morgan fingerprint density at radius 1 is 0.739 bits per heavy atom. The van der Waals surface area contributed by atoms with Crippen molar-refractivity contribution in [2.75, 3.05) is 5.73 Å². The Kier molecular flexibility index (Phi) is 3.91. The lowest BCUT2D eigenvalue weighted by Crippen LogP contribution is -2.15. The van der Waals surface area contributed by atoms with Crippen molar-refractivity contribution in [1.82, 2.24) is 0 Å². The van der Waals surface area contributed by atoms with Gasteiger partial charge in [-0.1, -0.05) is 6.07 Å². The Hall–Kier alpha value is -1.77. The zero-order valence-electron chi connectivity index (χ0n) is 10.9. The van der Waals surface area contributed by atoms with Crippen molar-refractivity contribution in [3.05, 3.63) is 24.3 Å². The minimum Gasteiger partial charge on any atom is -0.399 e. The Bertz CT molecular complexity index is 1130. The van der Waals surface area contributed by atoms with Crippen molar-refractivity contribution in [3.8, 4) is 0 Å². The van der Waals surface area contributed by atoms with Crippen molar-refractivity contribution in [3.63, 3.8) is 0 Å². The zero-order valence-corrected chi connectivity index (χ0v) is 13.4. The van der Waals surface area contributed by atoms with E-state index in [1.54, 1.807) is 0 Å². The Balaban J connectivity index is 3.33. The molecule has 10 nitrogen and oxygen atoms in total. The van der Waals surface area contributed by atoms with Gasteiger partial charge in [-0.15, -0.1) is 0 Å². The average molecular weight is 383 g/mol. The standard InChI is InChI=1S/C10H9NO9S3/c11-6-1-2-7-5(3-6)4-8(21(12,13)14)10(23(18,19)20)9(7)22(15,16)17/h1-4H,11H2,(H,12,13,14)(H,15,16,17)(H,18,19,20). The van der Waals surface area contributed by atoms with Crippen molar-refractivity contribution < 1.29 is 38.9 Å². The first-order valence-electron chi connectivity index (χ1n) is 5.51. The molecule has 0 bridgehead atoms. The van der Waals surface area contributed by atoms with Gasteiger partial charge in [-0.3, -0.25) is 13.7 Å². The maximum atomic E-state index is 11.6. The molecule has 0 aromatic heterocycles. The molecule has 0 saturated heterocycles. The number of hydrogen-bond acceptors (Lipinski definition) is 7. The molecule has 0 aliphatic rings. The Morgan fingerprint density at radius 3 is 1.70 bits per heavy atom. The molecule has 2 aromatic rings. The number of nitrogen functional groups attached to an aromatic ring is 1. The lowest BCUT2D eigenvalue weighted by molar-refractivity contribution is 0.457. The smallest absolute Gasteiger partial charge is 0.297 e. The van der Waals surface area contributed by atoms with Gasteiger partial charge in [0.05, 0.1) is 0 Å². The summed E-state index contributed by atoms with van der Waals surface area (Å²) in [4.78, 5) is -4.45. The van der Waals surface area contributed by atoms with Crippen LogP contribution in [0.3, 0.4) is 0 Å². The number of benzene rings is 2. The van der Waals surface area contributed by atoms with Crippen LogP contribution in [0.1, 0.15) is 0 Å². The molecule has 2 rings (SSSR count). The van der Waals surface area contributed by atoms with E-state index in [0.29, 0.717) is 6.07 Å². The molecule has 0 saturated carbocycles. The van der Waals surface area contributed by atoms with E-state index in [1.807, 2.05) is 0 Å².